The Morgan fingerprint density at radius 1 is 1.24 bits per heavy atom. The largest absolute Gasteiger partial charge is 0.494 e. The first-order chi connectivity index (χ1) is 10.0. The standard InChI is InChI=1S/C17H18FNO2/c1-12-6-4-5-7-15(12)19(2)11-16(20)13-8-9-17(21-3)14(18)10-13/h4-10H,11H2,1-3H3. The fourth-order valence-electron chi connectivity index (χ4n) is 2.22. The lowest BCUT2D eigenvalue weighted by molar-refractivity contribution is 0.1000. The molecule has 0 radical (unpaired) electrons. The third-order valence-corrected chi connectivity index (χ3v) is 3.38. The van der Waals surface area contributed by atoms with Gasteiger partial charge in [-0.3, -0.25) is 4.79 Å². The zero-order valence-electron chi connectivity index (χ0n) is 12.4. The van der Waals surface area contributed by atoms with Crippen molar-refractivity contribution in [2.75, 3.05) is 25.6 Å². The van der Waals surface area contributed by atoms with Gasteiger partial charge in [-0.1, -0.05) is 18.2 Å². The van der Waals surface area contributed by atoms with Gasteiger partial charge in [0.15, 0.2) is 17.3 Å². The second-order valence-corrected chi connectivity index (χ2v) is 4.92. The summed E-state index contributed by atoms with van der Waals surface area (Å²) < 4.78 is 18.5. The van der Waals surface area contributed by atoms with Gasteiger partial charge in [-0.2, -0.15) is 0 Å². The van der Waals surface area contributed by atoms with Crippen molar-refractivity contribution >= 4 is 11.5 Å². The highest BCUT2D eigenvalue weighted by Gasteiger charge is 2.13. The van der Waals surface area contributed by atoms with Gasteiger partial charge in [-0.25, -0.2) is 4.39 Å². The van der Waals surface area contributed by atoms with Crippen LogP contribution in [0.4, 0.5) is 10.1 Å². The van der Waals surface area contributed by atoms with Crippen LogP contribution in [0.3, 0.4) is 0 Å². The first-order valence-electron chi connectivity index (χ1n) is 6.66. The molecule has 2 aromatic carbocycles. The topological polar surface area (TPSA) is 29.5 Å². The molecule has 110 valence electrons. The van der Waals surface area contributed by atoms with Gasteiger partial charge >= 0.3 is 0 Å². The molecular formula is C17H18FNO2. The Morgan fingerprint density at radius 2 is 1.95 bits per heavy atom. The quantitative estimate of drug-likeness (QED) is 0.789. The number of hydrogen-bond donors (Lipinski definition) is 0. The molecule has 3 nitrogen and oxygen atoms in total. The Bertz CT molecular complexity index is 655. The van der Waals surface area contributed by atoms with E-state index in [1.54, 1.807) is 6.07 Å². The van der Waals surface area contributed by atoms with Gasteiger partial charge in [0, 0.05) is 18.3 Å². The van der Waals surface area contributed by atoms with Crippen LogP contribution >= 0.6 is 0 Å². The minimum Gasteiger partial charge on any atom is -0.494 e. The summed E-state index contributed by atoms with van der Waals surface area (Å²) in [5.74, 6) is -0.525. The maximum atomic E-state index is 13.6. The van der Waals surface area contributed by atoms with Crippen LogP contribution in [0.15, 0.2) is 42.5 Å². The summed E-state index contributed by atoms with van der Waals surface area (Å²) in [6.07, 6.45) is 0. The Labute approximate surface area is 124 Å². The third kappa shape index (κ3) is 3.40. The summed E-state index contributed by atoms with van der Waals surface area (Å²) >= 11 is 0. The van der Waals surface area contributed by atoms with Crippen LogP contribution in [0.1, 0.15) is 15.9 Å². The number of aryl methyl sites for hydroxylation is 1. The third-order valence-electron chi connectivity index (χ3n) is 3.38. The van der Waals surface area contributed by atoms with E-state index in [-0.39, 0.29) is 18.1 Å². The lowest BCUT2D eigenvalue weighted by Crippen LogP contribution is -2.26. The number of anilines is 1. The Morgan fingerprint density at radius 3 is 2.57 bits per heavy atom. The first kappa shape index (κ1) is 15.0. The molecule has 4 heteroatoms. The van der Waals surface area contributed by atoms with Crippen LogP contribution < -0.4 is 9.64 Å². The van der Waals surface area contributed by atoms with Crippen molar-refractivity contribution in [1.29, 1.82) is 0 Å². The molecule has 2 aromatic rings. The highest BCUT2D eigenvalue weighted by molar-refractivity contribution is 5.99. The van der Waals surface area contributed by atoms with Crippen molar-refractivity contribution in [3.05, 3.63) is 59.4 Å². The maximum Gasteiger partial charge on any atom is 0.182 e. The van der Waals surface area contributed by atoms with E-state index in [9.17, 15) is 9.18 Å². The minimum absolute atomic E-state index is 0.137. The minimum atomic E-state index is -0.526. The molecule has 0 atom stereocenters. The number of rotatable bonds is 5. The molecule has 0 saturated carbocycles. The van der Waals surface area contributed by atoms with E-state index < -0.39 is 5.82 Å². The molecule has 0 aliphatic carbocycles. The molecule has 0 aliphatic rings. The molecule has 0 amide bonds. The number of methoxy groups -OCH3 is 1. The summed E-state index contributed by atoms with van der Waals surface area (Å²) in [7, 11) is 3.24. The zero-order chi connectivity index (χ0) is 15.4. The number of carbonyl (C=O) groups is 1. The van der Waals surface area contributed by atoms with Crippen molar-refractivity contribution in [3.8, 4) is 5.75 Å². The smallest absolute Gasteiger partial charge is 0.182 e. The van der Waals surface area contributed by atoms with Gasteiger partial charge < -0.3 is 9.64 Å². The van der Waals surface area contributed by atoms with E-state index in [1.165, 1.54) is 19.2 Å². The van der Waals surface area contributed by atoms with Gasteiger partial charge in [-0.05, 0) is 36.8 Å². The monoisotopic (exact) mass is 287 g/mol. The molecule has 0 bridgehead atoms. The average molecular weight is 287 g/mol. The second kappa shape index (κ2) is 6.39. The average Bonchev–Trinajstić information content (AvgIpc) is 2.47. The molecule has 0 spiro atoms. The van der Waals surface area contributed by atoms with Gasteiger partial charge in [0.25, 0.3) is 0 Å². The Hall–Kier alpha value is -2.36. The number of Topliss-reactive ketones (excluding diaryl/α,β-unsaturated/α-hetero) is 1. The molecule has 0 aliphatic heterocycles. The number of ether oxygens (including phenoxy) is 1. The lowest BCUT2D eigenvalue weighted by atomic mass is 10.1. The summed E-state index contributed by atoms with van der Waals surface area (Å²) in [4.78, 5) is 14.1. The van der Waals surface area contributed by atoms with Crippen molar-refractivity contribution in [3.63, 3.8) is 0 Å². The number of hydrogen-bond acceptors (Lipinski definition) is 3. The molecule has 21 heavy (non-hydrogen) atoms. The number of benzene rings is 2. The number of likely N-dealkylation sites (N-methyl/N-ethyl adjacent to an activating group) is 1. The maximum absolute atomic E-state index is 13.6. The summed E-state index contributed by atoms with van der Waals surface area (Å²) in [5.41, 5.74) is 2.42. The van der Waals surface area contributed by atoms with Crippen LogP contribution in [0, 0.1) is 12.7 Å². The molecule has 0 N–H and O–H groups in total. The van der Waals surface area contributed by atoms with Crippen LogP contribution in [-0.4, -0.2) is 26.5 Å². The Kier molecular flexibility index (Phi) is 4.58. The van der Waals surface area contributed by atoms with Crippen molar-refractivity contribution in [2.24, 2.45) is 0 Å². The van der Waals surface area contributed by atoms with Crippen LogP contribution in [-0.2, 0) is 0 Å². The van der Waals surface area contributed by atoms with Gasteiger partial charge in [-0.15, -0.1) is 0 Å². The first-order valence-corrected chi connectivity index (χ1v) is 6.66. The second-order valence-electron chi connectivity index (χ2n) is 4.92. The van der Waals surface area contributed by atoms with Crippen LogP contribution in [0.25, 0.3) is 0 Å². The Balaban J connectivity index is 2.14. The fraction of sp³-hybridized carbons (Fsp3) is 0.235. The number of ketones is 1. The summed E-state index contributed by atoms with van der Waals surface area (Å²) in [6.45, 7) is 2.18. The predicted octanol–water partition coefficient (Wildman–Crippen LogP) is 3.46. The highest BCUT2D eigenvalue weighted by atomic mass is 19.1. The molecule has 2 rings (SSSR count). The molecule has 0 heterocycles. The van der Waals surface area contributed by atoms with Gasteiger partial charge in [0.05, 0.1) is 13.7 Å². The number of halogens is 1. The highest BCUT2D eigenvalue weighted by Crippen LogP contribution is 2.20. The van der Waals surface area contributed by atoms with Crippen molar-refractivity contribution < 1.29 is 13.9 Å². The predicted molar refractivity (Wildman–Crippen MR) is 81.7 cm³/mol. The summed E-state index contributed by atoms with van der Waals surface area (Å²) in [5, 5.41) is 0. The van der Waals surface area contributed by atoms with Crippen LogP contribution in [0.5, 0.6) is 5.75 Å². The van der Waals surface area contributed by atoms with Gasteiger partial charge in [0.2, 0.25) is 0 Å². The number of para-hydroxylation sites is 1. The molecule has 0 unspecified atom stereocenters. The molecule has 0 saturated heterocycles. The van der Waals surface area contributed by atoms with E-state index in [2.05, 4.69) is 0 Å². The zero-order valence-corrected chi connectivity index (χ0v) is 12.4. The SMILES string of the molecule is COc1ccc(C(=O)CN(C)c2ccccc2C)cc1F. The van der Waals surface area contributed by atoms with Crippen molar-refractivity contribution in [2.45, 2.75) is 6.92 Å². The van der Waals surface area contributed by atoms with Gasteiger partial charge in [0.1, 0.15) is 0 Å². The normalized spacial score (nSPS) is 10.3. The van der Waals surface area contributed by atoms with E-state index in [0.29, 0.717) is 5.56 Å². The molecular weight excluding hydrogens is 269 g/mol. The number of nitrogens with zero attached hydrogens (tertiary/aromatic N) is 1. The molecule has 0 fully saturated rings. The van der Waals surface area contributed by atoms with E-state index in [1.807, 2.05) is 43.1 Å². The lowest BCUT2D eigenvalue weighted by Gasteiger charge is -2.20. The van der Waals surface area contributed by atoms with Crippen LogP contribution in [0.2, 0.25) is 0 Å². The fourth-order valence-corrected chi connectivity index (χ4v) is 2.22. The summed E-state index contributed by atoms with van der Waals surface area (Å²) in [6, 6.07) is 12.1. The van der Waals surface area contributed by atoms with E-state index in [0.717, 1.165) is 11.3 Å². The molecule has 0 aromatic heterocycles. The number of carbonyl (C=O) groups excluding carboxylic acids is 1. The van der Waals surface area contributed by atoms with Crippen molar-refractivity contribution in [1.82, 2.24) is 0 Å². The van der Waals surface area contributed by atoms with E-state index >= 15 is 0 Å². The van der Waals surface area contributed by atoms with E-state index in [4.69, 9.17) is 4.74 Å².